The molecule has 3 aromatic rings. The molecule has 1 amide bonds. The molecule has 1 unspecified atom stereocenters. The minimum Gasteiger partial charge on any atom is -0.494 e. The van der Waals surface area contributed by atoms with Gasteiger partial charge in [0.25, 0.3) is 0 Å². The second kappa shape index (κ2) is 13.0. The van der Waals surface area contributed by atoms with E-state index in [2.05, 4.69) is 15.3 Å². The highest BCUT2D eigenvalue weighted by Gasteiger charge is 2.29. The molecule has 1 aliphatic rings. The number of aromatic nitrogens is 2. The van der Waals surface area contributed by atoms with E-state index in [0.29, 0.717) is 49.0 Å². The van der Waals surface area contributed by atoms with Gasteiger partial charge in [0.2, 0.25) is 12.2 Å². The highest BCUT2D eigenvalue weighted by Crippen LogP contribution is 2.29. The van der Waals surface area contributed by atoms with Crippen LogP contribution in [-0.2, 0) is 9.53 Å². The molecule has 0 spiro atoms. The number of carbonyl (C=O) groups excluding carboxylic acids is 1. The van der Waals surface area contributed by atoms with Crippen molar-refractivity contribution in [3.05, 3.63) is 70.0 Å². The zero-order chi connectivity index (χ0) is 29.7. The Hall–Kier alpha value is -4.20. The molecule has 14 heteroatoms. The number of aliphatic imine (C=N–C) groups is 1. The van der Waals surface area contributed by atoms with Crippen molar-refractivity contribution in [1.82, 2.24) is 20.0 Å². The quantitative estimate of drug-likeness (QED) is 0.194. The van der Waals surface area contributed by atoms with Gasteiger partial charge >= 0.3 is 0 Å². The third-order valence-electron chi connectivity index (χ3n) is 6.50. The number of anilines is 2. The summed E-state index contributed by atoms with van der Waals surface area (Å²) in [6.07, 6.45) is 1.82. The second-order valence-corrected chi connectivity index (χ2v) is 9.44. The number of amides is 1. The number of benzene rings is 2. The van der Waals surface area contributed by atoms with Crippen molar-refractivity contribution in [3.63, 3.8) is 0 Å². The Bertz CT molecular complexity index is 1480. The lowest BCUT2D eigenvalue weighted by Crippen LogP contribution is -2.54. The van der Waals surface area contributed by atoms with Crippen LogP contribution in [0.1, 0.15) is 23.6 Å². The van der Waals surface area contributed by atoms with Crippen LogP contribution in [0.2, 0.25) is 5.02 Å². The largest absolute Gasteiger partial charge is 0.494 e. The van der Waals surface area contributed by atoms with Gasteiger partial charge < -0.3 is 20.5 Å². The van der Waals surface area contributed by atoms with Crippen LogP contribution in [-0.4, -0.2) is 77.4 Å². The normalized spacial score (nSPS) is 14.8. The summed E-state index contributed by atoms with van der Waals surface area (Å²) in [5, 5.41) is 15.5. The van der Waals surface area contributed by atoms with Gasteiger partial charge in [0.1, 0.15) is 23.8 Å². The van der Waals surface area contributed by atoms with E-state index in [-0.39, 0.29) is 34.3 Å². The molecule has 1 aliphatic heterocycles. The number of hydrogen-bond donors (Lipinski definition) is 3. The molecule has 0 aliphatic carbocycles. The van der Waals surface area contributed by atoms with Crippen molar-refractivity contribution >= 4 is 46.9 Å². The number of nitrogen functional groups attached to an aromatic ring is 1. The average molecular weight is 587 g/mol. The molecular weight excluding hydrogens is 558 g/mol. The summed E-state index contributed by atoms with van der Waals surface area (Å²) in [6, 6.07) is 6.94. The highest BCUT2D eigenvalue weighted by molar-refractivity contribution is 6.31. The van der Waals surface area contributed by atoms with Crippen molar-refractivity contribution < 1.29 is 23.0 Å². The van der Waals surface area contributed by atoms with E-state index in [0.717, 1.165) is 0 Å². The number of hydrogen-bond acceptors (Lipinski definition) is 10. The summed E-state index contributed by atoms with van der Waals surface area (Å²) >= 11 is 6.33. The molecule has 1 aromatic heterocycles. The molecular formula is C27H29ClF2N8O3. The lowest BCUT2D eigenvalue weighted by Gasteiger charge is -2.37. The number of nitrogens with one attached hydrogen (secondary N) is 2. The van der Waals surface area contributed by atoms with E-state index in [1.165, 1.54) is 30.6 Å². The summed E-state index contributed by atoms with van der Waals surface area (Å²) in [5.41, 5.74) is 6.46. The van der Waals surface area contributed by atoms with Crippen LogP contribution < -0.4 is 15.8 Å². The van der Waals surface area contributed by atoms with Crippen LogP contribution in [0, 0.1) is 24.0 Å². The van der Waals surface area contributed by atoms with Gasteiger partial charge in [-0.15, -0.1) is 0 Å². The molecule has 1 fully saturated rings. The number of ether oxygens (including phenoxy) is 2. The van der Waals surface area contributed by atoms with Crippen LogP contribution in [0.4, 0.5) is 26.1 Å². The first kappa shape index (κ1) is 29.8. The van der Waals surface area contributed by atoms with Crippen LogP contribution in [0.15, 0.2) is 41.7 Å². The number of nitrogens with two attached hydrogens (primary N) is 1. The molecule has 0 bridgehead atoms. The van der Waals surface area contributed by atoms with E-state index >= 15 is 0 Å². The van der Waals surface area contributed by atoms with Gasteiger partial charge in [-0.2, -0.15) is 4.39 Å². The van der Waals surface area contributed by atoms with E-state index in [1.54, 1.807) is 30.1 Å². The van der Waals surface area contributed by atoms with Gasteiger partial charge in [0, 0.05) is 23.7 Å². The van der Waals surface area contributed by atoms with Gasteiger partial charge in [-0.3, -0.25) is 10.2 Å². The number of carbonyl (C=O) groups is 1. The SMILES string of the molecule is COc1ccc(C(=N)c2c(N)ncnc2NC(C)C(=Nc2cccc(Cl)c2C)N(C=O)N2CCOCC2)c(F)c1F. The van der Waals surface area contributed by atoms with Gasteiger partial charge in [0.05, 0.1) is 43.3 Å². The van der Waals surface area contributed by atoms with Crippen molar-refractivity contribution in [2.24, 2.45) is 4.99 Å². The molecule has 4 rings (SSSR count). The molecule has 216 valence electrons. The standard InChI is InChI=1S/C27H29ClF2N8O3/c1-15-18(28)5-4-6-19(15)36-27(38(14-39)37-9-11-41-12-10-37)16(2)35-26-21(25(32)33-13-34-26)24(31)17-7-8-20(40-3)23(30)22(17)29/h4-8,13-14,16,31H,9-12H2,1-3H3,(H3,32,33,34,35). The molecule has 1 atom stereocenters. The summed E-state index contributed by atoms with van der Waals surface area (Å²) in [5.74, 6) is -2.64. The number of hydrazine groups is 1. The monoisotopic (exact) mass is 586 g/mol. The molecule has 4 N–H and O–H groups in total. The van der Waals surface area contributed by atoms with E-state index < -0.39 is 23.4 Å². The first-order chi connectivity index (χ1) is 19.7. The van der Waals surface area contributed by atoms with Gasteiger partial charge in [-0.05, 0) is 43.7 Å². The van der Waals surface area contributed by atoms with Crippen molar-refractivity contribution in [3.8, 4) is 5.75 Å². The fraction of sp³-hybridized carbons (Fsp3) is 0.296. The summed E-state index contributed by atoms with van der Waals surface area (Å²) in [7, 11) is 1.21. The Morgan fingerprint density at radius 3 is 2.68 bits per heavy atom. The van der Waals surface area contributed by atoms with Crippen molar-refractivity contribution in [2.45, 2.75) is 19.9 Å². The first-order valence-corrected chi connectivity index (χ1v) is 12.9. The lowest BCUT2D eigenvalue weighted by atomic mass is 10.0. The molecule has 1 saturated heterocycles. The topological polar surface area (TPSA) is 142 Å². The maximum atomic E-state index is 14.9. The summed E-state index contributed by atoms with van der Waals surface area (Å²) in [4.78, 5) is 25.4. The van der Waals surface area contributed by atoms with E-state index in [1.807, 2.05) is 6.92 Å². The van der Waals surface area contributed by atoms with Crippen molar-refractivity contribution in [1.29, 1.82) is 5.41 Å². The fourth-order valence-electron chi connectivity index (χ4n) is 4.26. The number of methoxy groups -OCH3 is 1. The number of nitrogens with zero attached hydrogens (tertiary/aromatic N) is 5. The van der Waals surface area contributed by atoms with Crippen LogP contribution in [0.5, 0.6) is 5.75 Å². The Morgan fingerprint density at radius 1 is 1.27 bits per heavy atom. The minimum absolute atomic E-state index is 0.0500. The molecule has 41 heavy (non-hydrogen) atoms. The molecule has 11 nitrogen and oxygen atoms in total. The lowest BCUT2D eigenvalue weighted by molar-refractivity contribution is -0.131. The highest BCUT2D eigenvalue weighted by atomic mass is 35.5. The average Bonchev–Trinajstić information content (AvgIpc) is 2.97. The Labute approximate surface area is 240 Å². The second-order valence-electron chi connectivity index (χ2n) is 9.04. The number of morpholine rings is 1. The molecule has 0 radical (unpaired) electrons. The van der Waals surface area contributed by atoms with Crippen LogP contribution >= 0.6 is 11.6 Å². The predicted molar refractivity (Wildman–Crippen MR) is 152 cm³/mol. The number of rotatable bonds is 9. The van der Waals surface area contributed by atoms with E-state index in [9.17, 15) is 13.6 Å². The zero-order valence-electron chi connectivity index (χ0n) is 22.6. The first-order valence-electron chi connectivity index (χ1n) is 12.6. The number of amidine groups is 1. The summed E-state index contributed by atoms with van der Waals surface area (Å²) < 4.78 is 39.7. The van der Waals surface area contributed by atoms with Crippen LogP contribution in [0.3, 0.4) is 0 Å². The molecule has 2 heterocycles. The number of halogens is 3. The fourth-order valence-corrected chi connectivity index (χ4v) is 4.43. The third-order valence-corrected chi connectivity index (χ3v) is 6.91. The van der Waals surface area contributed by atoms with Gasteiger partial charge in [-0.25, -0.2) is 29.4 Å². The van der Waals surface area contributed by atoms with Crippen molar-refractivity contribution in [2.75, 3.05) is 44.5 Å². The van der Waals surface area contributed by atoms with Gasteiger partial charge in [-0.1, -0.05) is 17.7 Å². The molecule has 0 saturated carbocycles. The maximum absolute atomic E-state index is 14.9. The Morgan fingerprint density at radius 2 is 2.00 bits per heavy atom. The Balaban J connectivity index is 1.77. The summed E-state index contributed by atoms with van der Waals surface area (Å²) in [6.45, 7) is 5.26. The smallest absolute Gasteiger partial charge is 0.229 e. The zero-order valence-corrected chi connectivity index (χ0v) is 23.4. The Kier molecular flexibility index (Phi) is 9.42. The van der Waals surface area contributed by atoms with Crippen LogP contribution in [0.25, 0.3) is 0 Å². The van der Waals surface area contributed by atoms with E-state index in [4.69, 9.17) is 37.2 Å². The minimum atomic E-state index is -1.28. The maximum Gasteiger partial charge on any atom is 0.229 e. The van der Waals surface area contributed by atoms with Gasteiger partial charge in [0.15, 0.2) is 11.6 Å². The predicted octanol–water partition coefficient (Wildman–Crippen LogP) is 3.96. The molecule has 2 aromatic carbocycles. The third kappa shape index (κ3) is 6.26.